The van der Waals surface area contributed by atoms with Crippen molar-refractivity contribution in [3.8, 4) is 0 Å². The van der Waals surface area contributed by atoms with E-state index < -0.39 is 0 Å². The van der Waals surface area contributed by atoms with Crippen LogP contribution in [0, 0.1) is 5.41 Å². The van der Waals surface area contributed by atoms with Gasteiger partial charge >= 0.3 is 0 Å². The van der Waals surface area contributed by atoms with E-state index in [0.29, 0.717) is 5.41 Å². The summed E-state index contributed by atoms with van der Waals surface area (Å²) in [6.07, 6.45) is 9.73. The maximum absolute atomic E-state index is 3.79. The molecule has 2 atom stereocenters. The first-order valence-corrected chi connectivity index (χ1v) is 9.38. The van der Waals surface area contributed by atoms with E-state index in [2.05, 4.69) is 29.0 Å². The Hall–Kier alpha value is -0.120. The van der Waals surface area contributed by atoms with Crippen LogP contribution < -0.4 is 5.32 Å². The molecule has 0 spiro atoms. The van der Waals surface area contributed by atoms with Gasteiger partial charge in [-0.05, 0) is 63.6 Å². The smallest absolute Gasteiger partial charge is 0.0235 e. The fraction of sp³-hybridized carbons (Fsp3) is 1.00. The molecule has 0 radical (unpaired) electrons. The predicted octanol–water partition coefficient (Wildman–Crippen LogP) is 2.71. The van der Waals surface area contributed by atoms with Crippen LogP contribution in [0.25, 0.3) is 0 Å². The van der Waals surface area contributed by atoms with E-state index in [1.807, 2.05) is 0 Å². The molecule has 0 aromatic carbocycles. The second kappa shape index (κ2) is 6.97. The Bertz CT molecular complexity index is 322. The van der Waals surface area contributed by atoms with Gasteiger partial charge in [0, 0.05) is 31.7 Å². The maximum atomic E-state index is 3.79. The third kappa shape index (κ3) is 4.43. The van der Waals surface area contributed by atoms with Crippen molar-refractivity contribution in [2.75, 3.05) is 39.3 Å². The normalized spacial score (nSPS) is 30.9. The van der Waals surface area contributed by atoms with E-state index in [9.17, 15) is 0 Å². The Labute approximate surface area is 131 Å². The standard InChI is InChI=1S/C18H35N3/c1-3-9-18(2,14-19-16-6-7-16)15-20-12-8-17(13-20)21-10-4-5-11-21/h16-17,19H,3-15H2,1-2H3. The molecular weight excluding hydrogens is 258 g/mol. The zero-order valence-electron chi connectivity index (χ0n) is 14.2. The lowest BCUT2D eigenvalue weighted by Gasteiger charge is -2.34. The molecule has 3 fully saturated rings. The van der Waals surface area contributed by atoms with E-state index in [-0.39, 0.29) is 0 Å². The van der Waals surface area contributed by atoms with Crippen LogP contribution >= 0.6 is 0 Å². The molecule has 3 heteroatoms. The number of nitrogens with one attached hydrogen (secondary N) is 1. The summed E-state index contributed by atoms with van der Waals surface area (Å²) in [6.45, 7) is 12.7. The number of likely N-dealkylation sites (tertiary alicyclic amines) is 2. The highest BCUT2D eigenvalue weighted by Gasteiger charge is 2.34. The summed E-state index contributed by atoms with van der Waals surface area (Å²) in [6, 6.07) is 1.70. The first-order valence-electron chi connectivity index (χ1n) is 9.38. The molecule has 1 N–H and O–H groups in total. The molecule has 3 aliphatic rings. The van der Waals surface area contributed by atoms with Crippen LogP contribution in [0.4, 0.5) is 0 Å². The van der Waals surface area contributed by atoms with Gasteiger partial charge in [0.1, 0.15) is 0 Å². The Morgan fingerprint density at radius 3 is 2.52 bits per heavy atom. The summed E-state index contributed by atoms with van der Waals surface area (Å²) in [5, 5.41) is 3.79. The monoisotopic (exact) mass is 293 g/mol. The first kappa shape index (κ1) is 15.8. The lowest BCUT2D eigenvalue weighted by Crippen LogP contribution is -2.43. The third-order valence-electron chi connectivity index (χ3n) is 5.76. The predicted molar refractivity (Wildman–Crippen MR) is 89.7 cm³/mol. The van der Waals surface area contributed by atoms with Gasteiger partial charge in [-0.2, -0.15) is 0 Å². The summed E-state index contributed by atoms with van der Waals surface area (Å²) >= 11 is 0. The molecule has 1 saturated carbocycles. The zero-order valence-corrected chi connectivity index (χ0v) is 14.2. The van der Waals surface area contributed by atoms with Gasteiger partial charge in [-0.3, -0.25) is 4.90 Å². The summed E-state index contributed by atoms with van der Waals surface area (Å²) in [7, 11) is 0. The molecule has 21 heavy (non-hydrogen) atoms. The van der Waals surface area contributed by atoms with Crippen molar-refractivity contribution in [3.63, 3.8) is 0 Å². The van der Waals surface area contributed by atoms with E-state index in [1.165, 1.54) is 84.2 Å². The van der Waals surface area contributed by atoms with Crippen molar-refractivity contribution in [3.05, 3.63) is 0 Å². The van der Waals surface area contributed by atoms with Crippen molar-refractivity contribution < 1.29 is 0 Å². The first-order chi connectivity index (χ1) is 10.2. The summed E-state index contributed by atoms with van der Waals surface area (Å²) in [4.78, 5) is 5.51. The number of nitrogens with zero attached hydrogens (tertiary/aromatic N) is 2. The summed E-state index contributed by atoms with van der Waals surface area (Å²) in [5.74, 6) is 0. The Kier molecular flexibility index (Phi) is 5.23. The minimum atomic E-state index is 0.469. The molecule has 2 heterocycles. The molecule has 2 aliphatic heterocycles. The number of rotatable bonds is 8. The molecule has 0 aromatic rings. The molecule has 0 bridgehead atoms. The fourth-order valence-electron chi connectivity index (χ4n) is 4.41. The Balaban J connectivity index is 1.47. The Morgan fingerprint density at radius 2 is 1.86 bits per heavy atom. The lowest BCUT2D eigenvalue weighted by atomic mass is 9.84. The average molecular weight is 293 g/mol. The van der Waals surface area contributed by atoms with Gasteiger partial charge in [-0.15, -0.1) is 0 Å². The van der Waals surface area contributed by atoms with E-state index in [4.69, 9.17) is 0 Å². The van der Waals surface area contributed by atoms with Crippen LogP contribution in [0.3, 0.4) is 0 Å². The minimum absolute atomic E-state index is 0.469. The molecule has 2 unspecified atom stereocenters. The number of hydrogen-bond donors (Lipinski definition) is 1. The number of hydrogen-bond acceptors (Lipinski definition) is 3. The largest absolute Gasteiger partial charge is 0.313 e. The zero-order chi connectivity index (χ0) is 14.7. The van der Waals surface area contributed by atoms with Crippen molar-refractivity contribution in [2.45, 2.75) is 70.9 Å². The molecule has 122 valence electrons. The van der Waals surface area contributed by atoms with Gasteiger partial charge in [0.2, 0.25) is 0 Å². The summed E-state index contributed by atoms with van der Waals surface area (Å²) < 4.78 is 0. The van der Waals surface area contributed by atoms with Crippen LogP contribution in [0.15, 0.2) is 0 Å². The van der Waals surface area contributed by atoms with Crippen LogP contribution in [0.5, 0.6) is 0 Å². The molecular formula is C18H35N3. The van der Waals surface area contributed by atoms with Crippen LogP contribution in [0.1, 0.15) is 58.8 Å². The Morgan fingerprint density at radius 1 is 1.10 bits per heavy atom. The van der Waals surface area contributed by atoms with Crippen LogP contribution in [0.2, 0.25) is 0 Å². The second-order valence-electron chi connectivity index (χ2n) is 8.14. The van der Waals surface area contributed by atoms with Crippen LogP contribution in [-0.2, 0) is 0 Å². The topological polar surface area (TPSA) is 18.5 Å². The highest BCUT2D eigenvalue weighted by atomic mass is 15.3. The average Bonchev–Trinajstić information content (AvgIpc) is 2.93. The minimum Gasteiger partial charge on any atom is -0.313 e. The molecule has 3 rings (SSSR count). The molecule has 0 amide bonds. The van der Waals surface area contributed by atoms with Gasteiger partial charge in [0.25, 0.3) is 0 Å². The van der Waals surface area contributed by atoms with E-state index >= 15 is 0 Å². The highest BCUT2D eigenvalue weighted by Crippen LogP contribution is 2.29. The molecule has 1 aliphatic carbocycles. The molecule has 0 aromatic heterocycles. The van der Waals surface area contributed by atoms with Gasteiger partial charge in [0.05, 0.1) is 0 Å². The van der Waals surface area contributed by atoms with Crippen LogP contribution in [-0.4, -0.2) is 61.2 Å². The van der Waals surface area contributed by atoms with Gasteiger partial charge < -0.3 is 10.2 Å². The molecule has 3 nitrogen and oxygen atoms in total. The van der Waals surface area contributed by atoms with E-state index in [1.54, 1.807) is 0 Å². The lowest BCUT2D eigenvalue weighted by molar-refractivity contribution is 0.158. The quantitative estimate of drug-likeness (QED) is 0.742. The van der Waals surface area contributed by atoms with E-state index in [0.717, 1.165) is 12.1 Å². The van der Waals surface area contributed by atoms with Gasteiger partial charge in [-0.25, -0.2) is 0 Å². The molecule has 2 saturated heterocycles. The van der Waals surface area contributed by atoms with Crippen molar-refractivity contribution >= 4 is 0 Å². The van der Waals surface area contributed by atoms with Crippen molar-refractivity contribution in [2.24, 2.45) is 5.41 Å². The van der Waals surface area contributed by atoms with Gasteiger partial charge in [0.15, 0.2) is 0 Å². The van der Waals surface area contributed by atoms with Gasteiger partial charge in [-0.1, -0.05) is 20.3 Å². The summed E-state index contributed by atoms with van der Waals surface area (Å²) in [5.41, 5.74) is 0.469. The highest BCUT2D eigenvalue weighted by molar-refractivity contribution is 4.91. The maximum Gasteiger partial charge on any atom is 0.0235 e. The SMILES string of the molecule is CCCC(C)(CNC1CC1)CN1CCC(N2CCCC2)C1. The van der Waals surface area contributed by atoms with Crippen molar-refractivity contribution in [1.82, 2.24) is 15.1 Å². The fourth-order valence-corrected chi connectivity index (χ4v) is 4.41. The third-order valence-corrected chi connectivity index (χ3v) is 5.76. The van der Waals surface area contributed by atoms with Crippen molar-refractivity contribution in [1.29, 1.82) is 0 Å². The second-order valence-corrected chi connectivity index (χ2v) is 8.14.